The lowest BCUT2D eigenvalue weighted by molar-refractivity contribution is -0.116. The molecule has 1 atom stereocenters. The van der Waals surface area contributed by atoms with Crippen LogP contribution in [0.1, 0.15) is 22.2 Å². The molecule has 9 heteroatoms. The summed E-state index contributed by atoms with van der Waals surface area (Å²) in [5.41, 5.74) is 1.88. The Morgan fingerprint density at radius 3 is 2.77 bits per heavy atom. The molecule has 4 rings (SSSR count). The highest BCUT2D eigenvalue weighted by atomic mass is 32.2. The fourth-order valence-electron chi connectivity index (χ4n) is 2.88. The molecular formula is C21H17N5O2S2. The normalized spacial score (nSPS) is 11.9. The Hall–Kier alpha value is -3.22. The highest BCUT2D eigenvalue weighted by molar-refractivity contribution is 7.99. The number of nitrogens with zero attached hydrogens (tertiary/aromatic N) is 5. The van der Waals surface area contributed by atoms with E-state index in [2.05, 4.69) is 21.3 Å². The first kappa shape index (κ1) is 20.1. The summed E-state index contributed by atoms with van der Waals surface area (Å²) in [5, 5.41) is 21.0. The largest absolute Gasteiger partial charge is 0.461 e. The zero-order valence-electron chi connectivity index (χ0n) is 16.1. The molecule has 1 unspecified atom stereocenters. The lowest BCUT2D eigenvalue weighted by Gasteiger charge is -2.10. The summed E-state index contributed by atoms with van der Waals surface area (Å²) in [6.45, 7) is 2.38. The van der Waals surface area contributed by atoms with Crippen LogP contribution in [0.2, 0.25) is 0 Å². The number of aryl methyl sites for hydroxylation is 1. The van der Waals surface area contributed by atoms with Gasteiger partial charge in [-0.25, -0.2) is 4.98 Å². The molecule has 0 bridgehead atoms. The quantitative estimate of drug-likeness (QED) is 0.380. The second kappa shape index (κ2) is 9.07. The van der Waals surface area contributed by atoms with Gasteiger partial charge in [-0.2, -0.15) is 5.26 Å². The van der Waals surface area contributed by atoms with E-state index in [1.54, 1.807) is 12.3 Å². The number of carbonyl (C=O) groups excluding carboxylic acids is 1. The third-order valence-corrected chi connectivity index (χ3v) is 6.34. The predicted octanol–water partition coefficient (Wildman–Crippen LogP) is 4.32. The maximum atomic E-state index is 12.7. The van der Waals surface area contributed by atoms with Crippen molar-refractivity contribution in [3.8, 4) is 17.7 Å². The number of nitriles is 1. The Bertz CT molecular complexity index is 1180. The number of hydrogen-bond donors (Lipinski definition) is 0. The smallest absolute Gasteiger partial charge is 0.200 e. The summed E-state index contributed by atoms with van der Waals surface area (Å²) in [4.78, 5) is 17.0. The Kier molecular flexibility index (Phi) is 6.07. The number of benzene rings is 1. The highest BCUT2D eigenvalue weighted by Gasteiger charge is 2.25. The van der Waals surface area contributed by atoms with E-state index in [1.165, 1.54) is 23.1 Å². The van der Waals surface area contributed by atoms with Crippen molar-refractivity contribution in [2.24, 2.45) is 0 Å². The molecule has 0 spiro atoms. The van der Waals surface area contributed by atoms with Gasteiger partial charge in [-0.05, 0) is 24.6 Å². The SMILES string of the molecule is Cc1csc(C(C#N)C(=O)CSc2nnc(-c3ccco3)n2Cc2ccccc2)n1. The molecular weight excluding hydrogens is 418 g/mol. The van der Waals surface area contributed by atoms with E-state index in [9.17, 15) is 10.1 Å². The van der Waals surface area contributed by atoms with Gasteiger partial charge < -0.3 is 4.42 Å². The summed E-state index contributed by atoms with van der Waals surface area (Å²) < 4.78 is 7.42. The first-order valence-corrected chi connectivity index (χ1v) is 11.0. The number of rotatable bonds is 8. The summed E-state index contributed by atoms with van der Waals surface area (Å²) in [5.74, 6) is 0.218. The molecule has 0 radical (unpaired) electrons. The minimum absolute atomic E-state index is 0.0991. The van der Waals surface area contributed by atoms with Crippen molar-refractivity contribution in [3.05, 3.63) is 70.4 Å². The second-order valence-corrected chi connectivity index (χ2v) is 8.33. The van der Waals surface area contributed by atoms with Gasteiger partial charge in [0, 0.05) is 11.1 Å². The number of hydrogen-bond acceptors (Lipinski definition) is 8. The molecule has 0 aliphatic rings. The van der Waals surface area contributed by atoms with Gasteiger partial charge in [0.25, 0.3) is 0 Å². The van der Waals surface area contributed by atoms with Crippen LogP contribution in [0.4, 0.5) is 0 Å². The number of thiazole rings is 1. The first-order valence-electron chi connectivity index (χ1n) is 9.14. The molecule has 150 valence electrons. The number of carbonyl (C=O) groups is 1. The van der Waals surface area contributed by atoms with Crippen molar-refractivity contribution in [3.63, 3.8) is 0 Å². The van der Waals surface area contributed by atoms with Gasteiger partial charge in [0.15, 0.2) is 22.6 Å². The highest BCUT2D eigenvalue weighted by Crippen LogP contribution is 2.28. The zero-order valence-corrected chi connectivity index (χ0v) is 17.7. The Labute approximate surface area is 181 Å². The Balaban J connectivity index is 1.56. The first-order chi connectivity index (χ1) is 14.7. The predicted molar refractivity (Wildman–Crippen MR) is 114 cm³/mol. The summed E-state index contributed by atoms with van der Waals surface area (Å²) >= 11 is 2.59. The van der Waals surface area contributed by atoms with Crippen molar-refractivity contribution in [1.82, 2.24) is 19.7 Å². The fourth-order valence-corrected chi connectivity index (χ4v) is 4.59. The van der Waals surface area contributed by atoms with Crippen LogP contribution < -0.4 is 0 Å². The summed E-state index contributed by atoms with van der Waals surface area (Å²) in [6, 6.07) is 15.6. The molecule has 3 heterocycles. The van der Waals surface area contributed by atoms with Crippen LogP contribution in [-0.2, 0) is 11.3 Å². The van der Waals surface area contributed by atoms with E-state index in [0.29, 0.717) is 28.3 Å². The van der Waals surface area contributed by atoms with Gasteiger partial charge in [-0.3, -0.25) is 9.36 Å². The molecule has 0 amide bonds. The topological polar surface area (TPSA) is 97.6 Å². The van der Waals surface area contributed by atoms with E-state index in [0.717, 1.165) is 11.3 Å². The summed E-state index contributed by atoms with van der Waals surface area (Å²) in [6.07, 6.45) is 1.58. The van der Waals surface area contributed by atoms with E-state index in [4.69, 9.17) is 4.42 Å². The lowest BCUT2D eigenvalue weighted by Crippen LogP contribution is -2.14. The van der Waals surface area contributed by atoms with Crippen molar-refractivity contribution >= 4 is 28.9 Å². The van der Waals surface area contributed by atoms with E-state index in [-0.39, 0.29) is 11.5 Å². The van der Waals surface area contributed by atoms with Crippen molar-refractivity contribution in [2.45, 2.75) is 24.5 Å². The zero-order chi connectivity index (χ0) is 20.9. The average molecular weight is 436 g/mol. The van der Waals surface area contributed by atoms with E-state index in [1.807, 2.05) is 53.3 Å². The van der Waals surface area contributed by atoms with Crippen molar-refractivity contribution in [1.29, 1.82) is 5.26 Å². The van der Waals surface area contributed by atoms with Gasteiger partial charge in [0.2, 0.25) is 5.82 Å². The molecule has 7 nitrogen and oxygen atoms in total. The van der Waals surface area contributed by atoms with Crippen LogP contribution in [0.5, 0.6) is 0 Å². The molecule has 1 aromatic carbocycles. The van der Waals surface area contributed by atoms with Crippen LogP contribution in [0.15, 0.2) is 63.7 Å². The maximum absolute atomic E-state index is 12.7. The average Bonchev–Trinajstić information content (AvgIpc) is 3.50. The van der Waals surface area contributed by atoms with Crippen molar-refractivity contribution < 1.29 is 9.21 Å². The van der Waals surface area contributed by atoms with Crippen LogP contribution in [0.3, 0.4) is 0 Å². The van der Waals surface area contributed by atoms with E-state index < -0.39 is 5.92 Å². The van der Waals surface area contributed by atoms with Crippen molar-refractivity contribution in [2.75, 3.05) is 5.75 Å². The third-order valence-electron chi connectivity index (χ3n) is 4.32. The maximum Gasteiger partial charge on any atom is 0.200 e. The molecule has 0 N–H and O–H groups in total. The number of Topliss-reactive ketones (excluding diaryl/α,β-unsaturated/α-hetero) is 1. The molecule has 0 fully saturated rings. The number of thioether (sulfide) groups is 1. The molecule has 30 heavy (non-hydrogen) atoms. The fraction of sp³-hybridized carbons (Fsp3) is 0.190. The molecule has 0 aliphatic carbocycles. The van der Waals surface area contributed by atoms with Gasteiger partial charge >= 0.3 is 0 Å². The van der Waals surface area contributed by atoms with Gasteiger partial charge in [0.1, 0.15) is 5.01 Å². The van der Waals surface area contributed by atoms with Crippen LogP contribution in [0, 0.1) is 18.3 Å². The third kappa shape index (κ3) is 4.35. The van der Waals surface area contributed by atoms with E-state index >= 15 is 0 Å². The van der Waals surface area contributed by atoms with Gasteiger partial charge in [-0.1, -0.05) is 42.1 Å². The molecule has 4 aromatic rings. The number of aromatic nitrogens is 4. The molecule has 0 saturated carbocycles. The van der Waals surface area contributed by atoms with Gasteiger partial charge in [0.05, 0.1) is 24.6 Å². The Morgan fingerprint density at radius 1 is 1.27 bits per heavy atom. The Morgan fingerprint density at radius 2 is 2.10 bits per heavy atom. The monoisotopic (exact) mass is 435 g/mol. The van der Waals surface area contributed by atoms with Crippen LogP contribution >= 0.6 is 23.1 Å². The van der Waals surface area contributed by atoms with Gasteiger partial charge in [-0.15, -0.1) is 21.5 Å². The molecule has 3 aromatic heterocycles. The number of furan rings is 1. The minimum atomic E-state index is -0.869. The molecule has 0 aliphatic heterocycles. The summed E-state index contributed by atoms with van der Waals surface area (Å²) in [7, 11) is 0. The number of ketones is 1. The van der Waals surface area contributed by atoms with Crippen LogP contribution in [-0.4, -0.2) is 31.3 Å². The standard InChI is InChI=1S/C21H17N5O2S2/c1-14-12-29-20(23-14)16(10-22)17(27)13-30-21-25-24-19(18-8-5-9-28-18)26(21)11-15-6-3-2-4-7-15/h2-9,12,16H,11,13H2,1H3. The molecule has 0 saturated heterocycles. The minimum Gasteiger partial charge on any atom is -0.461 e. The second-order valence-electron chi connectivity index (χ2n) is 6.50. The lowest BCUT2D eigenvalue weighted by atomic mass is 10.1. The van der Waals surface area contributed by atoms with Crippen LogP contribution in [0.25, 0.3) is 11.6 Å².